The fourth-order valence-corrected chi connectivity index (χ4v) is 5.27. The quantitative estimate of drug-likeness (QED) is 0.379. The van der Waals surface area contributed by atoms with Crippen LogP contribution in [0.3, 0.4) is 0 Å². The van der Waals surface area contributed by atoms with Gasteiger partial charge in [0, 0.05) is 28.4 Å². The molecule has 0 bridgehead atoms. The number of tetrazole rings is 1. The van der Waals surface area contributed by atoms with Crippen molar-refractivity contribution in [1.82, 2.24) is 35.3 Å². The van der Waals surface area contributed by atoms with Crippen LogP contribution < -0.4 is 9.47 Å². The lowest BCUT2D eigenvalue weighted by atomic mass is 9.91. The summed E-state index contributed by atoms with van der Waals surface area (Å²) in [5, 5.41) is 18.4. The van der Waals surface area contributed by atoms with Gasteiger partial charge in [0.2, 0.25) is 5.82 Å². The summed E-state index contributed by atoms with van der Waals surface area (Å²) in [6.07, 6.45) is 0.858. The molecule has 1 atom stereocenters. The number of hydrogen-bond acceptors (Lipinski definition) is 8. The van der Waals surface area contributed by atoms with E-state index in [1.54, 1.807) is 14.2 Å². The van der Waals surface area contributed by atoms with E-state index in [0.717, 1.165) is 45.6 Å². The van der Waals surface area contributed by atoms with E-state index >= 15 is 0 Å². The number of ether oxygens (including phenoxy) is 2. The van der Waals surface area contributed by atoms with Gasteiger partial charge >= 0.3 is 0 Å². The number of aromatic amines is 1. The van der Waals surface area contributed by atoms with E-state index in [2.05, 4.69) is 67.4 Å². The molecule has 0 saturated carbocycles. The SMILES string of the molecule is COc1cc2c(cc1OC)-c1c(-c3nc(C)no3)c(-c3ccc(-c4nn[nH]n4)cc3)c(C)n1C(C)C2. The van der Waals surface area contributed by atoms with Crippen LogP contribution >= 0.6 is 0 Å². The standard InChI is InChI=1S/C26H25N7O3/c1-13-10-18-11-20(34-4)21(35-5)12-19(18)24-23(26-27-15(3)30-36-26)22(14(2)33(13)24)16-6-8-17(9-7-16)25-28-31-32-29-25/h6-9,11-13H,10H2,1-5H3,(H,28,29,31,32). The minimum Gasteiger partial charge on any atom is -0.493 e. The van der Waals surface area contributed by atoms with Crippen LogP contribution in [-0.4, -0.2) is 49.6 Å². The van der Waals surface area contributed by atoms with Gasteiger partial charge < -0.3 is 18.6 Å². The molecule has 36 heavy (non-hydrogen) atoms. The first-order valence-corrected chi connectivity index (χ1v) is 11.6. The fraction of sp³-hybridized carbons (Fsp3) is 0.269. The summed E-state index contributed by atoms with van der Waals surface area (Å²) in [6, 6.07) is 12.4. The van der Waals surface area contributed by atoms with Crippen molar-refractivity contribution in [1.29, 1.82) is 0 Å². The molecule has 10 nitrogen and oxygen atoms in total. The van der Waals surface area contributed by atoms with Gasteiger partial charge in [0.25, 0.3) is 5.89 Å². The average molecular weight is 484 g/mol. The molecule has 0 spiro atoms. The van der Waals surface area contributed by atoms with Gasteiger partial charge in [0.15, 0.2) is 17.3 Å². The van der Waals surface area contributed by atoms with Gasteiger partial charge in [-0.15, -0.1) is 10.2 Å². The van der Waals surface area contributed by atoms with Crippen molar-refractivity contribution in [3.63, 3.8) is 0 Å². The highest BCUT2D eigenvalue weighted by Gasteiger charge is 2.34. The molecule has 10 heteroatoms. The minimum absolute atomic E-state index is 0.209. The maximum atomic E-state index is 5.76. The number of rotatable bonds is 5. The summed E-state index contributed by atoms with van der Waals surface area (Å²) in [5.41, 5.74) is 8.25. The van der Waals surface area contributed by atoms with Crippen LogP contribution in [0.1, 0.15) is 30.0 Å². The van der Waals surface area contributed by atoms with Gasteiger partial charge in [-0.1, -0.05) is 29.4 Å². The number of fused-ring (bicyclic) bond motifs is 3. The Morgan fingerprint density at radius 3 is 2.36 bits per heavy atom. The maximum absolute atomic E-state index is 5.76. The molecule has 0 amide bonds. The second-order valence-electron chi connectivity index (χ2n) is 8.93. The van der Waals surface area contributed by atoms with Crippen molar-refractivity contribution in [3.05, 3.63) is 53.5 Å². The lowest BCUT2D eigenvalue weighted by Gasteiger charge is -2.28. The third-order valence-electron chi connectivity index (χ3n) is 6.79. The molecule has 2 aromatic carbocycles. The number of aromatic nitrogens is 7. The monoisotopic (exact) mass is 483 g/mol. The molecule has 6 rings (SSSR count). The molecule has 0 aliphatic carbocycles. The molecule has 5 aromatic rings. The van der Waals surface area contributed by atoms with Gasteiger partial charge in [-0.3, -0.25) is 0 Å². The Morgan fingerprint density at radius 2 is 1.72 bits per heavy atom. The second kappa shape index (κ2) is 8.33. The Bertz CT molecular complexity index is 1570. The molecular formula is C26H25N7O3. The number of nitrogens with one attached hydrogen (secondary N) is 1. The normalized spacial score (nSPS) is 14.4. The molecule has 1 aliphatic rings. The molecular weight excluding hydrogens is 458 g/mol. The Labute approximate surface area is 207 Å². The Hall–Kier alpha value is -4.47. The smallest absolute Gasteiger partial charge is 0.260 e. The van der Waals surface area contributed by atoms with Gasteiger partial charge in [-0.05, 0) is 55.7 Å². The van der Waals surface area contributed by atoms with Gasteiger partial charge in [0.05, 0.1) is 25.5 Å². The van der Waals surface area contributed by atoms with Crippen LogP contribution in [-0.2, 0) is 6.42 Å². The highest BCUT2D eigenvalue weighted by molar-refractivity contribution is 5.95. The molecule has 0 fully saturated rings. The van der Waals surface area contributed by atoms with E-state index in [1.807, 2.05) is 25.1 Å². The largest absolute Gasteiger partial charge is 0.493 e. The molecule has 3 aromatic heterocycles. The topological polar surface area (TPSA) is 117 Å². The summed E-state index contributed by atoms with van der Waals surface area (Å²) in [6.45, 7) is 6.19. The first-order valence-electron chi connectivity index (χ1n) is 11.6. The highest BCUT2D eigenvalue weighted by Crippen LogP contribution is 2.51. The predicted molar refractivity (Wildman–Crippen MR) is 133 cm³/mol. The van der Waals surface area contributed by atoms with Crippen LogP contribution in [0.4, 0.5) is 0 Å². The van der Waals surface area contributed by atoms with Crippen LogP contribution in [0.2, 0.25) is 0 Å². The van der Waals surface area contributed by atoms with Crippen molar-refractivity contribution in [3.8, 4) is 56.7 Å². The number of benzene rings is 2. The van der Waals surface area contributed by atoms with Crippen LogP contribution in [0.25, 0.3) is 45.2 Å². The zero-order valence-electron chi connectivity index (χ0n) is 20.7. The molecule has 0 saturated heterocycles. The van der Waals surface area contributed by atoms with E-state index in [9.17, 15) is 0 Å². The van der Waals surface area contributed by atoms with E-state index in [1.165, 1.54) is 5.56 Å². The molecule has 1 aliphatic heterocycles. The maximum Gasteiger partial charge on any atom is 0.260 e. The molecule has 1 unspecified atom stereocenters. The lowest BCUT2D eigenvalue weighted by molar-refractivity contribution is 0.354. The zero-order chi connectivity index (χ0) is 25.0. The Kier molecular flexibility index (Phi) is 5.10. The molecule has 4 heterocycles. The van der Waals surface area contributed by atoms with Crippen molar-refractivity contribution >= 4 is 0 Å². The first kappa shape index (κ1) is 22.0. The predicted octanol–water partition coefficient (Wildman–Crippen LogP) is 4.80. The van der Waals surface area contributed by atoms with Crippen LogP contribution in [0.15, 0.2) is 40.9 Å². The molecule has 0 radical (unpaired) electrons. The summed E-state index contributed by atoms with van der Waals surface area (Å²) < 4.78 is 19.4. The summed E-state index contributed by atoms with van der Waals surface area (Å²) >= 11 is 0. The number of H-pyrrole nitrogens is 1. The number of methoxy groups -OCH3 is 2. The lowest BCUT2D eigenvalue weighted by Crippen LogP contribution is -2.17. The van der Waals surface area contributed by atoms with Crippen molar-refractivity contribution in [2.24, 2.45) is 0 Å². The Balaban J connectivity index is 1.63. The van der Waals surface area contributed by atoms with Crippen molar-refractivity contribution < 1.29 is 14.0 Å². The van der Waals surface area contributed by atoms with E-state index < -0.39 is 0 Å². The van der Waals surface area contributed by atoms with Crippen LogP contribution in [0.5, 0.6) is 11.5 Å². The summed E-state index contributed by atoms with van der Waals surface area (Å²) in [5.74, 6) is 3.00. The minimum atomic E-state index is 0.209. The molecule has 182 valence electrons. The third kappa shape index (κ3) is 3.29. The highest BCUT2D eigenvalue weighted by atomic mass is 16.5. The third-order valence-corrected chi connectivity index (χ3v) is 6.79. The number of hydrogen-bond donors (Lipinski definition) is 1. The summed E-state index contributed by atoms with van der Waals surface area (Å²) in [4.78, 5) is 4.64. The van der Waals surface area contributed by atoms with Crippen molar-refractivity contribution in [2.45, 2.75) is 33.2 Å². The van der Waals surface area contributed by atoms with Crippen molar-refractivity contribution in [2.75, 3.05) is 14.2 Å². The van der Waals surface area contributed by atoms with Crippen LogP contribution in [0, 0.1) is 13.8 Å². The van der Waals surface area contributed by atoms with Gasteiger partial charge in [0.1, 0.15) is 0 Å². The first-order chi connectivity index (χ1) is 17.5. The fourth-order valence-electron chi connectivity index (χ4n) is 5.27. The summed E-state index contributed by atoms with van der Waals surface area (Å²) in [7, 11) is 3.31. The zero-order valence-corrected chi connectivity index (χ0v) is 20.7. The second-order valence-corrected chi connectivity index (χ2v) is 8.93. The van der Waals surface area contributed by atoms with E-state index in [0.29, 0.717) is 29.0 Å². The number of aryl methyl sites for hydroxylation is 1. The van der Waals surface area contributed by atoms with Gasteiger partial charge in [-0.25, -0.2) is 0 Å². The average Bonchev–Trinajstić information content (AvgIpc) is 3.63. The van der Waals surface area contributed by atoms with E-state index in [-0.39, 0.29) is 6.04 Å². The number of nitrogens with zero attached hydrogens (tertiary/aromatic N) is 6. The van der Waals surface area contributed by atoms with Gasteiger partial charge in [-0.2, -0.15) is 10.2 Å². The van der Waals surface area contributed by atoms with E-state index in [4.69, 9.17) is 14.0 Å². The Morgan fingerprint density at radius 1 is 1.00 bits per heavy atom. The molecule has 1 N–H and O–H groups in total.